The highest BCUT2D eigenvalue weighted by molar-refractivity contribution is 5.33. The van der Waals surface area contributed by atoms with Crippen LogP contribution in [0.1, 0.15) is 18.5 Å². The topological polar surface area (TPSA) is 47.3 Å². The van der Waals surface area contributed by atoms with Crippen molar-refractivity contribution in [2.75, 3.05) is 0 Å². The molecule has 1 aromatic rings. The smallest absolute Gasteiger partial charge is 0.387 e. The van der Waals surface area contributed by atoms with Crippen LogP contribution >= 0.6 is 0 Å². The minimum atomic E-state index is -2.83. The fourth-order valence-corrected chi connectivity index (χ4v) is 1.39. The Labute approximate surface area is 92.9 Å². The van der Waals surface area contributed by atoms with Gasteiger partial charge in [-0.3, -0.25) is 5.84 Å². The Balaban J connectivity index is 2.92. The zero-order valence-electron chi connectivity index (χ0n) is 8.91. The van der Waals surface area contributed by atoms with Crippen molar-refractivity contribution in [3.63, 3.8) is 0 Å². The summed E-state index contributed by atoms with van der Waals surface area (Å²) in [6.45, 7) is 2.73. The van der Waals surface area contributed by atoms with Crippen molar-refractivity contribution >= 4 is 0 Å². The van der Waals surface area contributed by atoms with E-state index >= 15 is 0 Å². The van der Waals surface area contributed by atoms with Crippen LogP contribution in [-0.4, -0.2) is 6.61 Å². The highest BCUT2D eigenvalue weighted by atomic mass is 19.3. The van der Waals surface area contributed by atoms with Gasteiger partial charge in [0.1, 0.15) is 5.75 Å². The first-order valence-electron chi connectivity index (χ1n) is 4.71. The van der Waals surface area contributed by atoms with Crippen LogP contribution in [0.25, 0.3) is 0 Å². The fourth-order valence-electron chi connectivity index (χ4n) is 1.39. The number of ether oxygens (including phenoxy) is 1. The number of hydrogen-bond donors (Lipinski definition) is 2. The van der Waals surface area contributed by atoms with Crippen molar-refractivity contribution in [1.29, 1.82) is 0 Å². The van der Waals surface area contributed by atoms with E-state index in [0.29, 0.717) is 0 Å². The van der Waals surface area contributed by atoms with Gasteiger partial charge in [-0.2, -0.15) is 8.78 Å². The van der Waals surface area contributed by atoms with Crippen LogP contribution in [0.3, 0.4) is 0 Å². The quantitative estimate of drug-likeness (QED) is 0.462. The molecule has 0 saturated heterocycles. The molecule has 0 amide bonds. The molecule has 5 heteroatoms. The number of nitrogens with one attached hydrogen (secondary N) is 1. The summed E-state index contributed by atoms with van der Waals surface area (Å²) >= 11 is 0. The van der Waals surface area contributed by atoms with E-state index in [4.69, 9.17) is 5.84 Å². The van der Waals surface area contributed by atoms with Crippen LogP contribution in [0.4, 0.5) is 8.78 Å². The first kappa shape index (κ1) is 12.6. The average Bonchev–Trinajstić information content (AvgIpc) is 2.17. The number of hydrazine groups is 1. The van der Waals surface area contributed by atoms with Gasteiger partial charge in [-0.15, -0.1) is 0 Å². The van der Waals surface area contributed by atoms with Gasteiger partial charge >= 0.3 is 6.61 Å². The summed E-state index contributed by atoms with van der Waals surface area (Å²) in [6.07, 6.45) is 0. The summed E-state index contributed by atoms with van der Waals surface area (Å²) in [5.74, 6) is 5.46. The molecule has 0 heterocycles. The van der Waals surface area contributed by atoms with Gasteiger partial charge in [0, 0.05) is 0 Å². The Hall–Kier alpha value is -1.46. The molecule has 0 aliphatic carbocycles. The Kier molecular flexibility index (Phi) is 4.39. The zero-order valence-corrected chi connectivity index (χ0v) is 8.91. The predicted octanol–water partition coefficient (Wildman–Crippen LogP) is 2.37. The lowest BCUT2D eigenvalue weighted by Gasteiger charge is -2.17. The molecule has 0 aliphatic heterocycles. The number of nitrogens with two attached hydrogens (primary N) is 1. The Bertz CT molecular complexity index is 369. The molecule has 3 nitrogen and oxygen atoms in total. The summed E-state index contributed by atoms with van der Waals surface area (Å²) in [5.41, 5.74) is 4.07. The van der Waals surface area contributed by atoms with Gasteiger partial charge in [0.15, 0.2) is 0 Å². The molecule has 0 spiro atoms. The monoisotopic (exact) mass is 228 g/mol. The van der Waals surface area contributed by atoms with E-state index in [-0.39, 0.29) is 11.8 Å². The van der Waals surface area contributed by atoms with Crippen LogP contribution in [-0.2, 0) is 0 Å². The summed E-state index contributed by atoms with van der Waals surface area (Å²) in [7, 11) is 0. The second-order valence-corrected chi connectivity index (χ2v) is 3.40. The number of hydrogen-bond acceptors (Lipinski definition) is 3. The molecular formula is C11H14F2N2O. The lowest BCUT2D eigenvalue weighted by atomic mass is 10.0. The molecule has 0 radical (unpaired) electrons. The maximum absolute atomic E-state index is 12.0. The third-order valence-electron chi connectivity index (χ3n) is 2.08. The second kappa shape index (κ2) is 5.58. The summed E-state index contributed by atoms with van der Waals surface area (Å²) < 4.78 is 28.3. The summed E-state index contributed by atoms with van der Waals surface area (Å²) in [4.78, 5) is 0. The highest BCUT2D eigenvalue weighted by Crippen LogP contribution is 2.24. The molecule has 0 aliphatic rings. The van der Waals surface area contributed by atoms with Crippen molar-refractivity contribution in [2.24, 2.45) is 5.84 Å². The summed E-state index contributed by atoms with van der Waals surface area (Å²) in [5, 5.41) is 0. The third kappa shape index (κ3) is 3.29. The minimum absolute atomic E-state index is 0.106. The van der Waals surface area contributed by atoms with E-state index in [2.05, 4.69) is 16.7 Å². The standard InChI is InChI=1S/C11H14F2N2O/c1-7(2)10(15-14)8-4-3-5-9(6-8)16-11(12)13/h3-6,10-11,15H,1,14H2,2H3. The van der Waals surface area contributed by atoms with Crippen LogP contribution in [0.15, 0.2) is 36.4 Å². The molecule has 0 bridgehead atoms. The Morgan fingerprint density at radius 1 is 1.50 bits per heavy atom. The molecule has 1 aromatic carbocycles. The van der Waals surface area contributed by atoms with Gasteiger partial charge in [-0.05, 0) is 24.6 Å². The SMILES string of the molecule is C=C(C)C(NN)c1cccc(OC(F)F)c1. The van der Waals surface area contributed by atoms with Gasteiger partial charge in [0.05, 0.1) is 6.04 Å². The molecule has 16 heavy (non-hydrogen) atoms. The number of benzene rings is 1. The minimum Gasteiger partial charge on any atom is -0.435 e. The van der Waals surface area contributed by atoms with E-state index in [0.717, 1.165) is 11.1 Å². The highest BCUT2D eigenvalue weighted by Gasteiger charge is 2.12. The van der Waals surface area contributed by atoms with E-state index < -0.39 is 6.61 Å². The Morgan fingerprint density at radius 2 is 2.19 bits per heavy atom. The van der Waals surface area contributed by atoms with E-state index in [1.807, 2.05) is 0 Å². The van der Waals surface area contributed by atoms with Crippen molar-refractivity contribution in [3.8, 4) is 5.75 Å². The van der Waals surface area contributed by atoms with Crippen LogP contribution < -0.4 is 16.0 Å². The van der Waals surface area contributed by atoms with Crippen molar-refractivity contribution in [3.05, 3.63) is 42.0 Å². The van der Waals surface area contributed by atoms with Crippen LogP contribution in [0.5, 0.6) is 5.75 Å². The number of alkyl halides is 2. The van der Waals surface area contributed by atoms with Crippen molar-refractivity contribution in [1.82, 2.24) is 5.43 Å². The molecule has 1 rings (SSSR count). The molecule has 3 N–H and O–H groups in total. The van der Waals surface area contributed by atoms with Gasteiger partial charge < -0.3 is 4.74 Å². The second-order valence-electron chi connectivity index (χ2n) is 3.40. The average molecular weight is 228 g/mol. The van der Waals surface area contributed by atoms with E-state index in [1.165, 1.54) is 12.1 Å². The van der Waals surface area contributed by atoms with E-state index in [9.17, 15) is 8.78 Å². The maximum Gasteiger partial charge on any atom is 0.387 e. The summed E-state index contributed by atoms with van der Waals surface area (Å²) in [6, 6.07) is 6.08. The maximum atomic E-state index is 12.0. The van der Waals surface area contributed by atoms with Crippen molar-refractivity contribution < 1.29 is 13.5 Å². The van der Waals surface area contributed by atoms with Crippen LogP contribution in [0, 0.1) is 0 Å². The molecular weight excluding hydrogens is 214 g/mol. The molecule has 1 unspecified atom stereocenters. The molecule has 1 atom stereocenters. The van der Waals surface area contributed by atoms with Gasteiger partial charge in [0.2, 0.25) is 0 Å². The molecule has 0 fully saturated rings. The lowest BCUT2D eigenvalue weighted by Crippen LogP contribution is -2.28. The first-order chi connectivity index (χ1) is 7.54. The van der Waals surface area contributed by atoms with Gasteiger partial charge in [-0.25, -0.2) is 5.43 Å². The van der Waals surface area contributed by atoms with Crippen molar-refractivity contribution in [2.45, 2.75) is 19.6 Å². The van der Waals surface area contributed by atoms with E-state index in [1.54, 1.807) is 19.1 Å². The number of halogens is 2. The van der Waals surface area contributed by atoms with Gasteiger partial charge in [0.25, 0.3) is 0 Å². The third-order valence-corrected chi connectivity index (χ3v) is 2.08. The van der Waals surface area contributed by atoms with Crippen LogP contribution in [0.2, 0.25) is 0 Å². The predicted molar refractivity (Wildman–Crippen MR) is 58.0 cm³/mol. The molecule has 0 aromatic heterocycles. The molecule has 0 saturated carbocycles. The Morgan fingerprint density at radius 3 is 2.69 bits per heavy atom. The largest absolute Gasteiger partial charge is 0.435 e. The van der Waals surface area contributed by atoms with Gasteiger partial charge in [-0.1, -0.05) is 24.3 Å². The normalized spacial score (nSPS) is 12.6. The zero-order chi connectivity index (χ0) is 12.1. The first-order valence-corrected chi connectivity index (χ1v) is 4.71. The number of rotatable bonds is 5. The fraction of sp³-hybridized carbons (Fsp3) is 0.273. The lowest BCUT2D eigenvalue weighted by molar-refractivity contribution is -0.0498. The molecule has 88 valence electrons.